The lowest BCUT2D eigenvalue weighted by Gasteiger charge is -2.30. The van der Waals surface area contributed by atoms with E-state index in [1.165, 1.54) is 0 Å². The molecule has 4 nitrogen and oxygen atoms in total. The van der Waals surface area contributed by atoms with Crippen LogP contribution in [0, 0.1) is 0 Å². The molecule has 0 atom stereocenters. The molecule has 2 N–H and O–H groups in total. The minimum absolute atomic E-state index is 0.120. The van der Waals surface area contributed by atoms with Crippen LogP contribution in [0.25, 0.3) is 0 Å². The number of phenols is 2. The molecular weight excluding hydrogens is 316 g/mol. The van der Waals surface area contributed by atoms with Crippen molar-refractivity contribution in [2.45, 2.75) is 12.5 Å². The Morgan fingerprint density at radius 3 is 1.84 bits per heavy atom. The second-order valence-electron chi connectivity index (χ2n) is 5.68. The number of allylic oxidation sites excluding steroid dienone is 3. The van der Waals surface area contributed by atoms with Crippen LogP contribution in [-0.2, 0) is 15.1 Å². The van der Waals surface area contributed by atoms with Gasteiger partial charge < -0.3 is 14.9 Å². The summed E-state index contributed by atoms with van der Waals surface area (Å²) < 4.78 is 5.88. The third-order valence-corrected chi connectivity index (χ3v) is 4.26. The predicted octanol–water partition coefficient (Wildman–Crippen LogP) is 3.96. The summed E-state index contributed by atoms with van der Waals surface area (Å²) in [5.41, 5.74) is 1.32. The molecule has 0 bridgehead atoms. The van der Waals surface area contributed by atoms with E-state index in [0.717, 1.165) is 0 Å². The zero-order valence-corrected chi connectivity index (χ0v) is 13.8. The number of aromatic hydroxyl groups is 2. The van der Waals surface area contributed by atoms with Crippen molar-refractivity contribution in [2.24, 2.45) is 0 Å². The lowest BCUT2D eigenvalue weighted by molar-refractivity contribution is -0.143. The fourth-order valence-electron chi connectivity index (χ4n) is 3.13. The number of phenolic OH excluding ortho intramolecular Hbond substituents is 2. The van der Waals surface area contributed by atoms with Crippen LogP contribution in [-0.4, -0.2) is 16.2 Å². The number of ether oxygens (including phenoxy) is 1. The molecule has 2 aromatic rings. The Labute approximate surface area is 146 Å². The van der Waals surface area contributed by atoms with Crippen LogP contribution < -0.4 is 0 Å². The molecule has 0 spiro atoms. The minimum atomic E-state index is -1.17. The SMILES string of the molecule is C=C/C=C1\C(=C/C)C(=O)OC1(c1ccc(O)cc1)c1ccc(O)cc1. The highest BCUT2D eigenvalue weighted by Gasteiger charge is 2.50. The summed E-state index contributed by atoms with van der Waals surface area (Å²) in [5.74, 6) is -0.194. The molecule has 1 aliphatic rings. The van der Waals surface area contributed by atoms with E-state index in [1.54, 1.807) is 73.7 Å². The zero-order chi connectivity index (χ0) is 18.0. The van der Waals surface area contributed by atoms with Gasteiger partial charge in [0.2, 0.25) is 0 Å². The first-order chi connectivity index (χ1) is 12.0. The number of carbonyl (C=O) groups excluding carboxylic acids is 1. The van der Waals surface area contributed by atoms with Crippen molar-refractivity contribution >= 4 is 5.97 Å². The first kappa shape index (κ1) is 16.6. The molecule has 1 heterocycles. The van der Waals surface area contributed by atoms with E-state index in [-0.39, 0.29) is 11.5 Å². The number of benzene rings is 2. The van der Waals surface area contributed by atoms with Crippen molar-refractivity contribution in [1.82, 2.24) is 0 Å². The van der Waals surface area contributed by atoms with Crippen LogP contribution in [0.3, 0.4) is 0 Å². The van der Waals surface area contributed by atoms with E-state index in [9.17, 15) is 15.0 Å². The van der Waals surface area contributed by atoms with E-state index < -0.39 is 11.6 Å². The first-order valence-electron chi connectivity index (χ1n) is 7.85. The summed E-state index contributed by atoms with van der Waals surface area (Å²) in [6.45, 7) is 5.52. The highest BCUT2D eigenvalue weighted by Crippen LogP contribution is 2.49. The Hall–Kier alpha value is -3.27. The smallest absolute Gasteiger partial charge is 0.339 e. The van der Waals surface area contributed by atoms with Gasteiger partial charge in [-0.3, -0.25) is 0 Å². The molecule has 1 fully saturated rings. The largest absolute Gasteiger partial charge is 0.508 e. The van der Waals surface area contributed by atoms with Gasteiger partial charge in [-0.15, -0.1) is 0 Å². The molecule has 0 saturated carbocycles. The van der Waals surface area contributed by atoms with Crippen LogP contribution >= 0.6 is 0 Å². The molecular formula is C21H18O4. The van der Waals surface area contributed by atoms with E-state index in [4.69, 9.17) is 4.74 Å². The van der Waals surface area contributed by atoms with Crippen LogP contribution in [0.5, 0.6) is 11.5 Å². The summed E-state index contributed by atoms with van der Waals surface area (Å²) in [5, 5.41) is 19.3. The Morgan fingerprint density at radius 1 is 0.960 bits per heavy atom. The molecule has 2 aromatic carbocycles. The molecule has 0 radical (unpaired) electrons. The van der Waals surface area contributed by atoms with Crippen molar-refractivity contribution in [3.05, 3.63) is 95.6 Å². The van der Waals surface area contributed by atoms with Crippen LogP contribution in [0.15, 0.2) is 84.5 Å². The average molecular weight is 334 g/mol. The van der Waals surface area contributed by atoms with Gasteiger partial charge >= 0.3 is 5.97 Å². The van der Waals surface area contributed by atoms with Crippen LogP contribution in [0.2, 0.25) is 0 Å². The maximum Gasteiger partial charge on any atom is 0.339 e. The predicted molar refractivity (Wildman–Crippen MR) is 95.1 cm³/mol. The molecule has 1 aliphatic heterocycles. The topological polar surface area (TPSA) is 66.8 Å². The van der Waals surface area contributed by atoms with E-state index >= 15 is 0 Å². The number of esters is 1. The monoisotopic (exact) mass is 334 g/mol. The zero-order valence-electron chi connectivity index (χ0n) is 13.8. The molecule has 3 rings (SSSR count). The maximum absolute atomic E-state index is 12.5. The van der Waals surface area contributed by atoms with E-state index in [0.29, 0.717) is 22.3 Å². The minimum Gasteiger partial charge on any atom is -0.508 e. The second kappa shape index (κ2) is 6.32. The van der Waals surface area contributed by atoms with Crippen LogP contribution in [0.4, 0.5) is 0 Å². The van der Waals surface area contributed by atoms with Crippen LogP contribution in [0.1, 0.15) is 18.1 Å². The van der Waals surface area contributed by atoms with Crippen molar-refractivity contribution in [2.75, 3.05) is 0 Å². The van der Waals surface area contributed by atoms with Crippen molar-refractivity contribution in [3.63, 3.8) is 0 Å². The molecule has 25 heavy (non-hydrogen) atoms. The Kier molecular flexibility index (Phi) is 4.19. The molecule has 0 amide bonds. The van der Waals surface area contributed by atoms with E-state index in [2.05, 4.69) is 6.58 Å². The summed E-state index contributed by atoms with van der Waals surface area (Å²) in [7, 11) is 0. The quantitative estimate of drug-likeness (QED) is 0.659. The number of rotatable bonds is 3. The summed E-state index contributed by atoms with van der Waals surface area (Å²) in [4.78, 5) is 12.5. The van der Waals surface area contributed by atoms with Gasteiger partial charge in [0, 0.05) is 16.7 Å². The van der Waals surface area contributed by atoms with Crippen molar-refractivity contribution in [1.29, 1.82) is 0 Å². The lowest BCUT2D eigenvalue weighted by Crippen LogP contribution is -2.29. The molecule has 0 aliphatic carbocycles. The molecule has 126 valence electrons. The van der Waals surface area contributed by atoms with Gasteiger partial charge in [0.05, 0.1) is 5.57 Å². The molecule has 1 saturated heterocycles. The van der Waals surface area contributed by atoms with Gasteiger partial charge in [-0.25, -0.2) is 4.79 Å². The highest BCUT2D eigenvalue weighted by molar-refractivity contribution is 5.99. The summed E-state index contributed by atoms with van der Waals surface area (Å²) in [6.07, 6.45) is 5.07. The summed E-state index contributed by atoms with van der Waals surface area (Å²) in [6, 6.07) is 13.0. The van der Waals surface area contributed by atoms with Gasteiger partial charge in [-0.05, 0) is 31.2 Å². The molecule has 0 aromatic heterocycles. The fraction of sp³-hybridized carbons (Fsp3) is 0.0952. The molecule has 0 unspecified atom stereocenters. The molecule has 4 heteroatoms. The Balaban J connectivity index is 2.35. The summed E-state index contributed by atoms with van der Waals surface area (Å²) >= 11 is 0. The third kappa shape index (κ3) is 2.62. The fourth-order valence-corrected chi connectivity index (χ4v) is 3.13. The maximum atomic E-state index is 12.5. The number of cyclic esters (lactones) is 1. The number of hydrogen-bond donors (Lipinski definition) is 2. The average Bonchev–Trinajstić information content (AvgIpc) is 2.89. The standard InChI is InChI=1S/C21H18O4/c1-3-5-19-18(4-2)20(24)25-21(19,14-6-10-16(22)11-7-14)15-8-12-17(23)13-9-15/h3-13,22-23H,1H2,2H3/b18-4+,19-5+. The number of hydrogen-bond acceptors (Lipinski definition) is 4. The third-order valence-electron chi connectivity index (χ3n) is 4.26. The Bertz CT molecular complexity index is 826. The first-order valence-corrected chi connectivity index (χ1v) is 7.85. The van der Waals surface area contributed by atoms with Gasteiger partial charge in [0.25, 0.3) is 0 Å². The van der Waals surface area contributed by atoms with Gasteiger partial charge in [0.1, 0.15) is 11.5 Å². The second-order valence-corrected chi connectivity index (χ2v) is 5.68. The van der Waals surface area contributed by atoms with Gasteiger partial charge in [-0.1, -0.05) is 49.1 Å². The van der Waals surface area contributed by atoms with Crippen molar-refractivity contribution in [3.8, 4) is 11.5 Å². The van der Waals surface area contributed by atoms with Crippen molar-refractivity contribution < 1.29 is 19.7 Å². The van der Waals surface area contributed by atoms with Gasteiger partial charge in [0.15, 0.2) is 5.60 Å². The number of carbonyl (C=O) groups is 1. The Morgan fingerprint density at radius 2 is 1.44 bits per heavy atom. The van der Waals surface area contributed by atoms with Gasteiger partial charge in [-0.2, -0.15) is 0 Å². The van der Waals surface area contributed by atoms with E-state index in [1.807, 2.05) is 0 Å². The normalized spacial score (nSPS) is 19.2. The highest BCUT2D eigenvalue weighted by atomic mass is 16.6. The lowest BCUT2D eigenvalue weighted by atomic mass is 9.78.